The Kier molecular flexibility index (Phi) is 27.0. The number of hydrogen-bond acceptors (Lipinski definition) is 16. The van der Waals surface area contributed by atoms with Crippen molar-refractivity contribution in [1.29, 1.82) is 0 Å². The molecular formula is C57H78N14O12S. The van der Waals surface area contributed by atoms with E-state index in [1.54, 1.807) is 18.2 Å². The molecule has 1 saturated heterocycles. The second-order valence-corrected chi connectivity index (χ2v) is 22.1. The molecular weight excluding hydrogens is 1100 g/mol. The summed E-state index contributed by atoms with van der Waals surface area (Å²) < 4.78 is 32.7. The highest BCUT2D eigenvalue weighted by molar-refractivity contribution is 7.86. The van der Waals surface area contributed by atoms with Crippen molar-refractivity contribution in [2.75, 3.05) is 25.1 Å². The number of nitrogens with two attached hydrogens (primary N) is 1. The van der Waals surface area contributed by atoms with Gasteiger partial charge in [0.15, 0.2) is 0 Å². The lowest BCUT2D eigenvalue weighted by atomic mass is 10.0. The largest absolute Gasteiger partial charge is 0.348 e. The lowest BCUT2D eigenvalue weighted by Gasteiger charge is -2.27. The topological polar surface area (TPSA) is 406 Å². The van der Waals surface area contributed by atoms with Gasteiger partial charge in [-0.05, 0) is 111 Å². The van der Waals surface area contributed by atoms with Crippen molar-refractivity contribution in [2.45, 2.75) is 128 Å². The predicted molar refractivity (Wildman–Crippen MR) is 313 cm³/mol. The molecule has 5 atom stereocenters. The average molecular weight is 1180 g/mol. The highest BCUT2D eigenvalue weighted by Gasteiger charge is 2.35. The van der Waals surface area contributed by atoms with Crippen molar-refractivity contribution in [3.05, 3.63) is 125 Å². The van der Waals surface area contributed by atoms with E-state index in [4.69, 9.17) is 5.73 Å². The number of nitrogens with one attached hydrogen (secondary N) is 9. The number of likely N-dealkylation sites (tertiary alicyclic amines) is 1. The van der Waals surface area contributed by atoms with Crippen LogP contribution in [0.5, 0.6) is 0 Å². The van der Waals surface area contributed by atoms with Crippen LogP contribution in [0, 0.1) is 11.8 Å². The summed E-state index contributed by atoms with van der Waals surface area (Å²) in [6, 6.07) is 18.7. The van der Waals surface area contributed by atoms with Crippen molar-refractivity contribution in [2.24, 2.45) is 22.7 Å². The highest BCUT2D eigenvalue weighted by atomic mass is 32.2. The van der Waals surface area contributed by atoms with Crippen LogP contribution in [0.2, 0.25) is 0 Å². The molecule has 0 unspecified atom stereocenters. The fourth-order valence-corrected chi connectivity index (χ4v) is 9.58. The summed E-state index contributed by atoms with van der Waals surface area (Å²) in [7, 11) is -4.47. The second kappa shape index (κ2) is 33.4. The summed E-state index contributed by atoms with van der Waals surface area (Å²) in [4.78, 5) is 126. The zero-order chi connectivity index (χ0) is 60.6. The number of hydrazone groups is 1. The number of benzene rings is 3. The summed E-state index contributed by atoms with van der Waals surface area (Å²) in [5.41, 5.74) is 15.2. The van der Waals surface area contributed by atoms with E-state index in [1.807, 2.05) is 58.0 Å². The molecule has 1 aliphatic rings. The van der Waals surface area contributed by atoms with Crippen molar-refractivity contribution in [3.63, 3.8) is 0 Å². The maximum atomic E-state index is 14.1. The summed E-state index contributed by atoms with van der Waals surface area (Å²) in [5.74, 6) is -5.29. The van der Waals surface area contributed by atoms with Gasteiger partial charge in [-0.1, -0.05) is 88.4 Å². The van der Waals surface area contributed by atoms with E-state index in [0.29, 0.717) is 37.8 Å². The van der Waals surface area contributed by atoms with E-state index in [2.05, 4.69) is 58.3 Å². The first kappa shape index (κ1) is 67.8. The van der Waals surface area contributed by atoms with E-state index in [1.165, 1.54) is 66.7 Å². The van der Waals surface area contributed by atoms with Crippen molar-refractivity contribution < 1.29 is 56.1 Å². The van der Waals surface area contributed by atoms with Crippen molar-refractivity contribution in [1.82, 2.24) is 58.8 Å². The van der Waals surface area contributed by atoms with Crippen LogP contribution in [0.15, 0.2) is 107 Å². The van der Waals surface area contributed by atoms with E-state index < -0.39 is 94.1 Å². The zero-order valence-corrected chi connectivity index (χ0v) is 48.6. The number of carbonyl (C=O) groups excluding carboxylic acids is 9. The Labute approximate surface area is 488 Å². The van der Waals surface area contributed by atoms with E-state index in [9.17, 15) is 56.1 Å². The first-order valence-electron chi connectivity index (χ1n) is 27.3. The lowest BCUT2D eigenvalue weighted by Crippen LogP contribution is -2.58. The van der Waals surface area contributed by atoms with Crippen LogP contribution in [-0.2, 0) is 56.6 Å². The van der Waals surface area contributed by atoms with Crippen LogP contribution in [0.1, 0.15) is 117 Å². The van der Waals surface area contributed by atoms with Crippen LogP contribution < -0.4 is 60.1 Å². The number of amides is 9. The van der Waals surface area contributed by atoms with E-state index in [0.717, 1.165) is 5.56 Å². The summed E-state index contributed by atoms with van der Waals surface area (Å²) >= 11 is 0. The van der Waals surface area contributed by atoms with Gasteiger partial charge in [-0.2, -0.15) is 13.5 Å². The van der Waals surface area contributed by atoms with E-state index >= 15 is 0 Å². The van der Waals surface area contributed by atoms with Crippen molar-refractivity contribution >= 4 is 75.3 Å². The average Bonchev–Trinajstić information content (AvgIpc) is 4.13. The molecule has 1 fully saturated rings. The molecule has 1 aromatic heterocycles. The van der Waals surface area contributed by atoms with Crippen molar-refractivity contribution in [3.8, 4) is 0 Å². The van der Waals surface area contributed by atoms with Gasteiger partial charge in [0.25, 0.3) is 27.8 Å². The van der Waals surface area contributed by atoms with Gasteiger partial charge >= 0.3 is 0 Å². The minimum atomic E-state index is -4.47. The number of aryl methyl sites for hydroxylation is 1. The summed E-state index contributed by atoms with van der Waals surface area (Å²) in [5, 5.41) is 20.2. The molecule has 0 spiro atoms. The van der Waals surface area contributed by atoms with Crippen LogP contribution in [0.3, 0.4) is 0 Å². The van der Waals surface area contributed by atoms with Gasteiger partial charge in [-0.15, -0.1) is 0 Å². The Morgan fingerprint density at radius 3 is 1.94 bits per heavy atom. The fourth-order valence-electron chi connectivity index (χ4n) is 8.91. The van der Waals surface area contributed by atoms with Crippen LogP contribution in [-0.4, -0.2) is 132 Å². The second-order valence-electron chi connectivity index (χ2n) is 20.7. The fraction of sp³-hybridized carbons (Fsp3) is 0.421. The molecule has 26 nitrogen and oxygen atoms in total. The Bertz CT molecular complexity index is 3040. The molecule has 2 heterocycles. The molecule has 15 N–H and O–H groups in total. The third-order valence-corrected chi connectivity index (χ3v) is 14.1. The van der Waals surface area contributed by atoms with Gasteiger partial charge in [0.1, 0.15) is 40.9 Å². The smallest absolute Gasteiger partial charge is 0.295 e. The molecule has 1 aliphatic heterocycles. The molecule has 454 valence electrons. The maximum Gasteiger partial charge on any atom is 0.295 e. The lowest BCUT2D eigenvalue weighted by molar-refractivity contribution is -0.138. The molecule has 5 rings (SSSR count). The van der Waals surface area contributed by atoms with Crippen LogP contribution >= 0.6 is 0 Å². The molecule has 0 aliphatic carbocycles. The number of hydrogen-bond donors (Lipinski definition) is 12. The Morgan fingerprint density at radius 1 is 0.702 bits per heavy atom. The van der Waals surface area contributed by atoms with Crippen LogP contribution in [0.4, 0.5) is 5.82 Å². The zero-order valence-electron chi connectivity index (χ0n) is 47.8. The third-order valence-electron chi connectivity index (χ3n) is 13.2. The Hall–Kier alpha value is -8.66. The number of hydrazine groups is 1. The molecule has 84 heavy (non-hydrogen) atoms. The van der Waals surface area contributed by atoms with Gasteiger partial charge in [-0.3, -0.25) is 64.0 Å². The first-order chi connectivity index (χ1) is 39.5. The summed E-state index contributed by atoms with van der Waals surface area (Å²) in [6.45, 7) is 8.91. The van der Waals surface area contributed by atoms with Gasteiger partial charge in [0.2, 0.25) is 35.4 Å². The summed E-state index contributed by atoms with van der Waals surface area (Å²) in [6.07, 6.45) is 4.77. The normalized spacial score (nSPS) is 14.4. The number of aromatic nitrogens is 1. The predicted octanol–water partition coefficient (Wildman–Crippen LogP) is 2.16. The molecule has 3 aromatic carbocycles. The minimum Gasteiger partial charge on any atom is -0.348 e. The Balaban J connectivity index is 0.0000151. The van der Waals surface area contributed by atoms with E-state index in [-0.39, 0.29) is 90.1 Å². The molecule has 0 radical (unpaired) electrons. The number of pyridine rings is 1. The number of nitrogens with zero attached hydrogens (tertiary/aromatic N) is 3. The van der Waals surface area contributed by atoms with Crippen LogP contribution in [0.25, 0.3) is 0 Å². The number of carbonyl (C=O) groups is 9. The molecule has 4 aromatic rings. The van der Waals surface area contributed by atoms with Gasteiger partial charge in [0, 0.05) is 37.3 Å². The highest BCUT2D eigenvalue weighted by Crippen LogP contribution is 2.19. The monoisotopic (exact) mass is 1180 g/mol. The Morgan fingerprint density at radius 2 is 1.32 bits per heavy atom. The first-order valence-corrected chi connectivity index (χ1v) is 28.7. The minimum absolute atomic E-state index is 0. The SMILES string of the molecule is CC(=O)N1CCC[C@H]1C(=O)N[C@@H](CC(C)C)C(=O)NCC(=O)N[C@@H](CCc1ccccc1)C(=O)N[C@@H](CCCN)C(=O)N[C@@H](CC(C)C)C(=O)NNC(=O)c1ccc(CNC(=O)c2ccc(NN=Cc3ccccc3S(=O)(=O)O)nc2)cc1.N. The quantitative estimate of drug-likeness (QED) is 0.0211. The third kappa shape index (κ3) is 21.9. The van der Waals surface area contributed by atoms with Gasteiger partial charge < -0.3 is 48.7 Å². The molecule has 0 bridgehead atoms. The number of anilines is 1. The molecule has 0 saturated carbocycles. The maximum absolute atomic E-state index is 14.1. The molecule has 9 amide bonds. The standard InChI is InChI=1S/C57H75N13O12S.H3N/c1-35(2)29-45(66-57(79)47-17-12-28-70(47)37(5)71)53(75)61-34-50(72)63-44(25-21-38-13-7-6-8-14-38)55(77)64-43(16-11-27-58)54(76)65-46(30-36(3)4)56(78)69-68-52(74)40-22-19-39(20-23-40)31-60-51(73)42-24-26-49(59-32-42)67-62-33-41-15-9-10-18-48(41)83(80,81)82;/h6-10,13-15,18-20,22-24,26,32-33,35-36,43-47H,11-12,16-17,21,25,27-31,34,58H2,1-5H3,(H,59,67)(H,60,73)(H,61,75)(H,63,72)(H,64,77)(H,65,76)(H,66,79)(H,68,74)(H,69,78)(H,80,81,82);1H3/t43-,44-,45-,46-,47-;/m0./s1. The number of rotatable bonds is 29. The molecule has 27 heteroatoms. The van der Waals surface area contributed by atoms with Gasteiger partial charge in [-0.25, -0.2) is 4.98 Å². The van der Waals surface area contributed by atoms with Gasteiger partial charge in [0.05, 0.1) is 18.3 Å².